The molecule has 2 saturated heterocycles. The van der Waals surface area contributed by atoms with Crippen LogP contribution in [0.4, 0.5) is 5.69 Å². The van der Waals surface area contributed by atoms with Gasteiger partial charge in [-0.25, -0.2) is 0 Å². The largest absolute Gasteiger partial charge is 0.392 e. The Morgan fingerprint density at radius 3 is 2.46 bits per heavy atom. The molecule has 5 heteroatoms. The maximum absolute atomic E-state index is 11.2. The fraction of sp³-hybridized carbons (Fsp3) is 0.667. The van der Waals surface area contributed by atoms with Crippen molar-refractivity contribution in [2.24, 2.45) is 5.92 Å². The van der Waals surface area contributed by atoms with Gasteiger partial charge in [-0.15, -0.1) is 0 Å². The van der Waals surface area contributed by atoms with Gasteiger partial charge in [0.1, 0.15) is 5.78 Å². The minimum Gasteiger partial charge on any atom is -0.392 e. The van der Waals surface area contributed by atoms with Gasteiger partial charge in [-0.05, 0) is 69.4 Å². The summed E-state index contributed by atoms with van der Waals surface area (Å²) in [5.41, 5.74) is 2.22. The van der Waals surface area contributed by atoms with Crippen LogP contribution in [0.2, 0.25) is 0 Å². The lowest BCUT2D eigenvalue weighted by Crippen LogP contribution is -2.47. The predicted molar refractivity (Wildman–Crippen MR) is 105 cm³/mol. The number of nitrogens with zero attached hydrogens (tertiary/aromatic N) is 3. The van der Waals surface area contributed by atoms with Crippen molar-refractivity contribution < 1.29 is 9.90 Å². The molecule has 0 spiro atoms. The number of likely N-dealkylation sites (tertiary alicyclic amines) is 1. The number of ketones is 1. The molecule has 0 atom stereocenters. The number of piperazine rings is 1. The SMILES string of the molecule is CC(=O)CN1CCC(CCN2CCN(c3cccc(CO)c3)CC2)CC1. The van der Waals surface area contributed by atoms with Gasteiger partial charge in [0, 0.05) is 31.9 Å². The van der Waals surface area contributed by atoms with Crippen LogP contribution in [0, 0.1) is 5.92 Å². The Hall–Kier alpha value is -1.43. The molecule has 0 unspecified atom stereocenters. The van der Waals surface area contributed by atoms with Crippen molar-refractivity contribution in [2.45, 2.75) is 32.8 Å². The van der Waals surface area contributed by atoms with E-state index >= 15 is 0 Å². The number of hydrogen-bond acceptors (Lipinski definition) is 5. The summed E-state index contributed by atoms with van der Waals surface area (Å²) in [5, 5.41) is 9.31. The maximum atomic E-state index is 11.2. The fourth-order valence-electron chi connectivity index (χ4n) is 4.19. The third kappa shape index (κ3) is 5.53. The second-order valence-electron chi connectivity index (χ2n) is 7.87. The molecule has 2 heterocycles. The van der Waals surface area contributed by atoms with Crippen LogP contribution in [-0.4, -0.2) is 73.0 Å². The summed E-state index contributed by atoms with van der Waals surface area (Å²) in [6, 6.07) is 8.25. The molecule has 2 aliphatic rings. The zero-order valence-corrected chi connectivity index (χ0v) is 16.1. The van der Waals surface area contributed by atoms with Crippen LogP contribution in [-0.2, 0) is 11.4 Å². The first kappa shape index (κ1) is 19.3. The molecule has 3 rings (SSSR count). The first-order chi connectivity index (χ1) is 12.6. The number of Topliss-reactive ketones (excluding diaryl/α,β-unsaturated/α-hetero) is 1. The van der Waals surface area contributed by atoms with Crippen molar-refractivity contribution in [2.75, 3.05) is 57.3 Å². The molecule has 2 fully saturated rings. The molecule has 0 amide bonds. The molecule has 0 bridgehead atoms. The highest BCUT2D eigenvalue weighted by atomic mass is 16.3. The standard InChI is InChI=1S/C21H33N3O2/c1-18(26)16-23-9-6-19(7-10-23)5-8-22-11-13-24(14-12-22)21-4-2-3-20(15-21)17-25/h2-4,15,19,25H,5-14,16-17H2,1H3. The lowest BCUT2D eigenvalue weighted by molar-refractivity contribution is -0.118. The molecular formula is C21H33N3O2. The predicted octanol–water partition coefficient (Wildman–Crippen LogP) is 1.99. The van der Waals surface area contributed by atoms with E-state index in [2.05, 4.69) is 26.8 Å². The number of aliphatic hydroxyl groups excluding tert-OH is 1. The molecule has 144 valence electrons. The zero-order valence-electron chi connectivity index (χ0n) is 16.1. The van der Waals surface area contributed by atoms with Crippen molar-refractivity contribution in [3.63, 3.8) is 0 Å². The molecule has 26 heavy (non-hydrogen) atoms. The number of aliphatic hydroxyl groups is 1. The van der Waals surface area contributed by atoms with Gasteiger partial charge in [-0.3, -0.25) is 14.6 Å². The average Bonchev–Trinajstić information content (AvgIpc) is 2.67. The molecule has 1 aromatic rings. The van der Waals surface area contributed by atoms with Crippen molar-refractivity contribution in [3.8, 4) is 0 Å². The number of piperidine rings is 1. The minimum atomic E-state index is 0.110. The number of carbonyl (C=O) groups excluding carboxylic acids is 1. The van der Waals surface area contributed by atoms with Crippen LogP contribution in [0.1, 0.15) is 31.7 Å². The summed E-state index contributed by atoms with van der Waals surface area (Å²) in [6.45, 7) is 10.1. The zero-order chi connectivity index (χ0) is 18.4. The van der Waals surface area contributed by atoms with Gasteiger partial charge in [0.15, 0.2) is 0 Å². The van der Waals surface area contributed by atoms with Gasteiger partial charge in [0.05, 0.1) is 13.2 Å². The van der Waals surface area contributed by atoms with Gasteiger partial charge >= 0.3 is 0 Å². The highest BCUT2D eigenvalue weighted by Crippen LogP contribution is 2.22. The quantitative estimate of drug-likeness (QED) is 0.807. The Kier molecular flexibility index (Phi) is 7.06. The molecule has 1 N–H and O–H groups in total. The highest BCUT2D eigenvalue weighted by molar-refractivity contribution is 5.77. The van der Waals surface area contributed by atoms with Crippen molar-refractivity contribution in [1.82, 2.24) is 9.80 Å². The number of carbonyl (C=O) groups is 1. The molecule has 5 nitrogen and oxygen atoms in total. The monoisotopic (exact) mass is 359 g/mol. The Morgan fingerprint density at radius 2 is 1.81 bits per heavy atom. The van der Waals surface area contributed by atoms with E-state index in [0.717, 1.165) is 50.7 Å². The smallest absolute Gasteiger partial charge is 0.143 e. The van der Waals surface area contributed by atoms with Crippen LogP contribution in [0.5, 0.6) is 0 Å². The van der Waals surface area contributed by atoms with E-state index < -0.39 is 0 Å². The van der Waals surface area contributed by atoms with E-state index in [1.54, 1.807) is 6.92 Å². The van der Waals surface area contributed by atoms with Gasteiger partial charge in [0.25, 0.3) is 0 Å². The molecule has 0 radical (unpaired) electrons. The molecule has 0 aliphatic carbocycles. The third-order valence-corrected chi connectivity index (χ3v) is 5.84. The normalized spacial score (nSPS) is 20.5. The lowest BCUT2D eigenvalue weighted by atomic mass is 9.93. The highest BCUT2D eigenvalue weighted by Gasteiger charge is 2.22. The summed E-state index contributed by atoms with van der Waals surface area (Å²) >= 11 is 0. The van der Waals surface area contributed by atoms with E-state index in [1.807, 2.05) is 12.1 Å². The Morgan fingerprint density at radius 1 is 1.08 bits per heavy atom. The van der Waals surface area contributed by atoms with E-state index in [1.165, 1.54) is 31.5 Å². The van der Waals surface area contributed by atoms with Gasteiger partial charge in [-0.1, -0.05) is 12.1 Å². The van der Waals surface area contributed by atoms with Crippen molar-refractivity contribution in [1.29, 1.82) is 0 Å². The molecule has 0 aromatic heterocycles. The fourth-order valence-corrected chi connectivity index (χ4v) is 4.19. The van der Waals surface area contributed by atoms with Gasteiger partial charge in [-0.2, -0.15) is 0 Å². The molecule has 1 aromatic carbocycles. The van der Waals surface area contributed by atoms with E-state index in [-0.39, 0.29) is 12.4 Å². The second-order valence-corrected chi connectivity index (χ2v) is 7.87. The number of rotatable bonds is 7. The summed E-state index contributed by atoms with van der Waals surface area (Å²) in [4.78, 5) is 18.5. The summed E-state index contributed by atoms with van der Waals surface area (Å²) < 4.78 is 0. The summed E-state index contributed by atoms with van der Waals surface area (Å²) in [6.07, 6.45) is 3.76. The lowest BCUT2D eigenvalue weighted by Gasteiger charge is -2.37. The number of anilines is 1. The number of hydrogen-bond donors (Lipinski definition) is 1. The average molecular weight is 360 g/mol. The van der Waals surface area contributed by atoms with Gasteiger partial charge in [0.2, 0.25) is 0 Å². The van der Waals surface area contributed by atoms with E-state index in [9.17, 15) is 9.90 Å². The van der Waals surface area contributed by atoms with E-state index in [4.69, 9.17) is 0 Å². The van der Waals surface area contributed by atoms with Crippen LogP contribution in [0.15, 0.2) is 24.3 Å². The summed E-state index contributed by atoms with van der Waals surface area (Å²) in [7, 11) is 0. The topological polar surface area (TPSA) is 47.0 Å². The Balaban J connectivity index is 1.36. The Bertz CT molecular complexity index is 576. The number of benzene rings is 1. The van der Waals surface area contributed by atoms with Crippen molar-refractivity contribution >= 4 is 11.5 Å². The molecule has 2 aliphatic heterocycles. The minimum absolute atomic E-state index is 0.110. The first-order valence-corrected chi connectivity index (χ1v) is 10.0. The van der Waals surface area contributed by atoms with Crippen LogP contribution in [0.25, 0.3) is 0 Å². The van der Waals surface area contributed by atoms with E-state index in [0.29, 0.717) is 6.54 Å². The molecule has 0 saturated carbocycles. The summed E-state index contributed by atoms with van der Waals surface area (Å²) in [5.74, 6) is 1.10. The molecular weight excluding hydrogens is 326 g/mol. The first-order valence-electron chi connectivity index (χ1n) is 10.0. The third-order valence-electron chi connectivity index (χ3n) is 5.84. The Labute approximate surface area is 157 Å². The van der Waals surface area contributed by atoms with Crippen LogP contribution in [0.3, 0.4) is 0 Å². The van der Waals surface area contributed by atoms with Crippen molar-refractivity contribution in [3.05, 3.63) is 29.8 Å². The van der Waals surface area contributed by atoms with Crippen LogP contribution >= 0.6 is 0 Å². The van der Waals surface area contributed by atoms with Gasteiger partial charge < -0.3 is 10.0 Å². The maximum Gasteiger partial charge on any atom is 0.143 e. The van der Waals surface area contributed by atoms with Crippen LogP contribution < -0.4 is 4.90 Å². The second kappa shape index (κ2) is 9.49.